The molecule has 1 fully saturated rings. The van der Waals surface area contributed by atoms with Crippen molar-refractivity contribution in [2.45, 2.75) is 12.5 Å². The van der Waals surface area contributed by atoms with Crippen LogP contribution >= 0.6 is 0 Å². The lowest BCUT2D eigenvalue weighted by atomic mass is 9.72. The highest BCUT2D eigenvalue weighted by Gasteiger charge is 2.55. The van der Waals surface area contributed by atoms with Crippen LogP contribution in [0.3, 0.4) is 0 Å². The lowest BCUT2D eigenvalue weighted by Crippen LogP contribution is -2.48. The van der Waals surface area contributed by atoms with Gasteiger partial charge in [0.2, 0.25) is 0 Å². The zero-order chi connectivity index (χ0) is 18.0. The molecule has 3 aromatic rings. The van der Waals surface area contributed by atoms with Crippen LogP contribution in [0.4, 0.5) is 5.69 Å². The molecule has 0 aliphatic carbocycles. The van der Waals surface area contributed by atoms with E-state index >= 15 is 0 Å². The minimum atomic E-state index is -0.699. The van der Waals surface area contributed by atoms with Crippen molar-refractivity contribution >= 4 is 11.5 Å². The van der Waals surface area contributed by atoms with E-state index in [1.807, 2.05) is 71.8 Å². The Bertz CT molecular complexity index is 838. The van der Waals surface area contributed by atoms with Gasteiger partial charge in [-0.3, -0.25) is 9.63 Å². The van der Waals surface area contributed by atoms with Gasteiger partial charge in [0.1, 0.15) is 11.3 Å². The molecule has 0 bridgehead atoms. The summed E-state index contributed by atoms with van der Waals surface area (Å²) in [5.74, 6) is -0.177. The summed E-state index contributed by atoms with van der Waals surface area (Å²) in [6, 6.07) is 30.3. The molecule has 3 nitrogen and oxygen atoms in total. The van der Waals surface area contributed by atoms with Gasteiger partial charge in [0.05, 0.1) is 18.2 Å². The molecule has 1 saturated heterocycles. The smallest absolute Gasteiger partial charge is 0.138 e. The summed E-state index contributed by atoms with van der Waals surface area (Å²) >= 11 is 0. The highest BCUT2D eigenvalue weighted by molar-refractivity contribution is 5.83. The van der Waals surface area contributed by atoms with Gasteiger partial charge in [0.25, 0.3) is 0 Å². The van der Waals surface area contributed by atoms with Gasteiger partial charge in [-0.2, -0.15) is 0 Å². The maximum atomic E-state index is 12.7. The standard InChI is InChI=1S/C23H21NO2/c1-18(25)22-17-26-24(21-15-9-4-10-16-21)23(22,19-11-5-2-6-12-19)20-13-7-3-8-14-20/h2-16,22H,17H2,1H3. The van der Waals surface area contributed by atoms with Gasteiger partial charge in [-0.05, 0) is 30.2 Å². The molecule has 1 aliphatic rings. The molecule has 0 aromatic heterocycles. The Kier molecular flexibility index (Phi) is 4.31. The summed E-state index contributed by atoms with van der Waals surface area (Å²) in [4.78, 5) is 18.8. The van der Waals surface area contributed by atoms with Crippen LogP contribution in [-0.2, 0) is 15.2 Å². The van der Waals surface area contributed by atoms with Crippen molar-refractivity contribution in [3.05, 3.63) is 102 Å². The predicted octanol–water partition coefficient (Wildman–Crippen LogP) is 4.59. The van der Waals surface area contributed by atoms with E-state index in [4.69, 9.17) is 4.84 Å². The summed E-state index contributed by atoms with van der Waals surface area (Å²) in [6.07, 6.45) is 0. The molecular weight excluding hydrogens is 322 g/mol. The van der Waals surface area contributed by atoms with Gasteiger partial charge in [-0.15, -0.1) is 0 Å². The molecule has 1 aliphatic heterocycles. The number of hydrogen-bond donors (Lipinski definition) is 0. The Balaban J connectivity index is 2.02. The summed E-state index contributed by atoms with van der Waals surface area (Å²) in [5, 5.41) is 1.92. The van der Waals surface area contributed by atoms with Crippen LogP contribution in [0.1, 0.15) is 18.1 Å². The number of hydrogen-bond acceptors (Lipinski definition) is 3. The van der Waals surface area contributed by atoms with Crippen molar-refractivity contribution in [1.29, 1.82) is 0 Å². The second-order valence-corrected chi connectivity index (χ2v) is 6.59. The Hall–Kier alpha value is -2.91. The Morgan fingerprint density at radius 3 is 1.77 bits per heavy atom. The van der Waals surface area contributed by atoms with Crippen molar-refractivity contribution in [1.82, 2.24) is 0 Å². The van der Waals surface area contributed by atoms with Crippen LogP contribution in [0.5, 0.6) is 0 Å². The molecule has 4 rings (SSSR count). The number of Topliss-reactive ketones (excluding diaryl/α,β-unsaturated/α-hetero) is 1. The minimum Gasteiger partial charge on any atom is -0.299 e. The van der Waals surface area contributed by atoms with Crippen molar-refractivity contribution in [2.24, 2.45) is 5.92 Å². The van der Waals surface area contributed by atoms with Crippen LogP contribution in [0, 0.1) is 5.92 Å². The first-order chi connectivity index (χ1) is 12.7. The number of nitrogens with zero attached hydrogens (tertiary/aromatic N) is 1. The van der Waals surface area contributed by atoms with E-state index < -0.39 is 5.54 Å². The number of anilines is 1. The minimum absolute atomic E-state index is 0.121. The Morgan fingerprint density at radius 2 is 1.31 bits per heavy atom. The summed E-state index contributed by atoms with van der Waals surface area (Å²) in [6.45, 7) is 2.01. The topological polar surface area (TPSA) is 29.5 Å². The first kappa shape index (κ1) is 16.6. The maximum absolute atomic E-state index is 12.7. The molecule has 0 N–H and O–H groups in total. The van der Waals surface area contributed by atoms with Crippen molar-refractivity contribution < 1.29 is 9.63 Å². The molecule has 1 atom stereocenters. The molecule has 0 spiro atoms. The third-order valence-corrected chi connectivity index (χ3v) is 5.10. The molecule has 3 heteroatoms. The van der Waals surface area contributed by atoms with Crippen LogP contribution in [-0.4, -0.2) is 12.4 Å². The number of rotatable bonds is 4. The zero-order valence-electron chi connectivity index (χ0n) is 14.7. The van der Waals surface area contributed by atoms with Crippen LogP contribution in [0.25, 0.3) is 0 Å². The van der Waals surface area contributed by atoms with E-state index in [0.29, 0.717) is 6.61 Å². The normalized spacial score (nSPS) is 18.7. The number of carbonyl (C=O) groups excluding carboxylic acids is 1. The van der Waals surface area contributed by atoms with Gasteiger partial charge < -0.3 is 0 Å². The third kappa shape index (κ3) is 2.52. The number of ketones is 1. The summed E-state index contributed by atoms with van der Waals surface area (Å²) in [7, 11) is 0. The van der Waals surface area contributed by atoms with Crippen LogP contribution in [0.15, 0.2) is 91.0 Å². The van der Waals surface area contributed by atoms with E-state index in [0.717, 1.165) is 16.8 Å². The number of para-hydroxylation sites is 1. The molecule has 3 aromatic carbocycles. The molecule has 0 amide bonds. The third-order valence-electron chi connectivity index (χ3n) is 5.10. The largest absolute Gasteiger partial charge is 0.299 e. The fourth-order valence-corrected chi connectivity index (χ4v) is 3.95. The first-order valence-electron chi connectivity index (χ1n) is 8.84. The molecular formula is C23H21NO2. The average molecular weight is 343 g/mol. The summed E-state index contributed by atoms with van der Waals surface area (Å²) in [5.41, 5.74) is 2.33. The van der Waals surface area contributed by atoms with E-state index in [2.05, 4.69) is 24.3 Å². The van der Waals surface area contributed by atoms with Crippen molar-refractivity contribution in [2.75, 3.05) is 11.7 Å². The predicted molar refractivity (Wildman–Crippen MR) is 103 cm³/mol. The molecule has 130 valence electrons. The number of hydroxylamine groups is 1. The van der Waals surface area contributed by atoms with Crippen LogP contribution in [0.2, 0.25) is 0 Å². The van der Waals surface area contributed by atoms with Crippen molar-refractivity contribution in [3.63, 3.8) is 0 Å². The van der Waals surface area contributed by atoms with E-state index in [-0.39, 0.29) is 11.7 Å². The first-order valence-corrected chi connectivity index (χ1v) is 8.84. The van der Waals surface area contributed by atoms with Gasteiger partial charge in [-0.1, -0.05) is 78.9 Å². The van der Waals surface area contributed by atoms with E-state index in [1.54, 1.807) is 6.92 Å². The van der Waals surface area contributed by atoms with Gasteiger partial charge in [0.15, 0.2) is 0 Å². The Morgan fingerprint density at radius 1 is 0.846 bits per heavy atom. The van der Waals surface area contributed by atoms with E-state index in [1.165, 1.54) is 0 Å². The van der Waals surface area contributed by atoms with Gasteiger partial charge in [-0.25, -0.2) is 5.06 Å². The Labute approximate surface area is 153 Å². The van der Waals surface area contributed by atoms with Gasteiger partial charge >= 0.3 is 0 Å². The highest BCUT2D eigenvalue weighted by Crippen LogP contribution is 2.49. The molecule has 0 radical (unpaired) electrons. The second-order valence-electron chi connectivity index (χ2n) is 6.59. The lowest BCUT2D eigenvalue weighted by molar-refractivity contribution is -0.121. The zero-order valence-corrected chi connectivity index (χ0v) is 14.7. The summed E-state index contributed by atoms with van der Waals surface area (Å²) < 4.78 is 0. The fraction of sp³-hybridized carbons (Fsp3) is 0.174. The van der Waals surface area contributed by atoms with Crippen LogP contribution < -0.4 is 5.06 Å². The maximum Gasteiger partial charge on any atom is 0.138 e. The quantitative estimate of drug-likeness (QED) is 0.694. The van der Waals surface area contributed by atoms with Gasteiger partial charge in [0, 0.05) is 0 Å². The number of carbonyl (C=O) groups is 1. The second kappa shape index (κ2) is 6.77. The molecule has 1 heterocycles. The highest BCUT2D eigenvalue weighted by atomic mass is 16.7. The molecule has 26 heavy (non-hydrogen) atoms. The number of benzene rings is 3. The average Bonchev–Trinajstić information content (AvgIpc) is 3.12. The van der Waals surface area contributed by atoms with Crippen molar-refractivity contribution in [3.8, 4) is 0 Å². The van der Waals surface area contributed by atoms with E-state index in [9.17, 15) is 4.79 Å². The molecule has 1 unspecified atom stereocenters. The SMILES string of the molecule is CC(=O)C1CON(c2ccccc2)C1(c1ccccc1)c1ccccc1. The molecule has 0 saturated carbocycles. The lowest BCUT2D eigenvalue weighted by Gasteiger charge is -2.41. The fourth-order valence-electron chi connectivity index (χ4n) is 3.95. The monoisotopic (exact) mass is 343 g/mol.